The number of carboxylic acid groups (broad SMARTS) is 1. The molecule has 0 aromatic heterocycles. The van der Waals surface area contributed by atoms with Gasteiger partial charge in [-0.3, -0.25) is 24.0 Å². The number of carbonyl (C=O) groups is 6. The molecule has 0 radical (unpaired) electrons. The van der Waals surface area contributed by atoms with E-state index in [2.05, 4.69) is 26.6 Å². The van der Waals surface area contributed by atoms with Gasteiger partial charge in [0.1, 0.15) is 30.2 Å². The summed E-state index contributed by atoms with van der Waals surface area (Å²) in [5.74, 6) is -4.88. The van der Waals surface area contributed by atoms with Crippen LogP contribution in [0.25, 0.3) is 0 Å². The van der Waals surface area contributed by atoms with Gasteiger partial charge in [-0.05, 0) is 117 Å². The molecule has 0 unspecified atom stereocenters. The highest BCUT2D eigenvalue weighted by atomic mass is 16.4. The molecule has 5 amide bonds. The Labute approximate surface area is 289 Å². The summed E-state index contributed by atoms with van der Waals surface area (Å²) in [5.41, 5.74) is 27.9. The van der Waals surface area contributed by atoms with Gasteiger partial charge in [0.25, 0.3) is 0 Å². The molecule has 0 aromatic rings. The zero-order valence-corrected chi connectivity index (χ0v) is 29.1. The van der Waals surface area contributed by atoms with Gasteiger partial charge in [0.2, 0.25) is 29.5 Å². The average molecular weight is 703 g/mol. The van der Waals surface area contributed by atoms with Crippen LogP contribution < -0.4 is 55.3 Å². The average Bonchev–Trinajstić information content (AvgIpc) is 3.04. The second kappa shape index (κ2) is 26.4. The number of carbonyl (C=O) groups excluding carboxylic acids is 5. The van der Waals surface area contributed by atoms with E-state index in [1.807, 2.05) is 0 Å². The van der Waals surface area contributed by atoms with Gasteiger partial charge in [-0.15, -0.1) is 0 Å². The summed E-state index contributed by atoms with van der Waals surface area (Å²) in [4.78, 5) is 77.6. The Balaban J connectivity index is 6.04. The molecule has 0 aromatic carbocycles. The zero-order chi connectivity index (χ0) is 37.4. The molecule has 7 atom stereocenters. The summed E-state index contributed by atoms with van der Waals surface area (Å²) >= 11 is 0. The van der Waals surface area contributed by atoms with Crippen molar-refractivity contribution in [2.45, 2.75) is 133 Å². The minimum absolute atomic E-state index is 0.107. The fraction of sp³-hybridized carbons (Fsp3) is 0.806. The largest absolute Gasteiger partial charge is 0.480 e. The van der Waals surface area contributed by atoms with Gasteiger partial charge in [-0.2, -0.15) is 0 Å². The summed E-state index contributed by atoms with van der Waals surface area (Å²) in [6.45, 7) is 4.12. The third kappa shape index (κ3) is 19.4. The Morgan fingerprint density at radius 1 is 0.490 bits per heavy atom. The number of amides is 5. The Bertz CT molecular complexity index is 1020. The third-order valence-electron chi connectivity index (χ3n) is 7.78. The predicted octanol–water partition coefficient (Wildman–Crippen LogP) is -3.26. The molecule has 49 heavy (non-hydrogen) atoms. The molecular weight excluding hydrogens is 640 g/mol. The first-order valence-corrected chi connectivity index (χ1v) is 17.2. The lowest BCUT2D eigenvalue weighted by Gasteiger charge is -2.28. The van der Waals surface area contributed by atoms with Gasteiger partial charge in [0, 0.05) is 0 Å². The number of hydrogen-bond donors (Lipinski definition) is 12. The Kier molecular flexibility index (Phi) is 24.6. The molecule has 0 aliphatic carbocycles. The summed E-state index contributed by atoms with van der Waals surface area (Å²) < 4.78 is 0. The molecule has 18 nitrogen and oxygen atoms in total. The predicted molar refractivity (Wildman–Crippen MR) is 184 cm³/mol. The highest BCUT2D eigenvalue weighted by Gasteiger charge is 2.34. The summed E-state index contributed by atoms with van der Waals surface area (Å²) in [5, 5.41) is 32.8. The van der Waals surface area contributed by atoms with Crippen LogP contribution in [0.2, 0.25) is 0 Å². The monoisotopic (exact) mass is 702 g/mol. The van der Waals surface area contributed by atoms with E-state index in [-0.39, 0.29) is 25.7 Å². The molecular formula is C31H62N10O8. The standard InChI is InChI=1S/C31H62N10O8/c1-19(36)26(43)37-23(13-5-9-17-34)29(46)41-25(20(2)42)30(47)39-22(12-4-8-16-33)27(44)38-21(11-3-7-15-32)28(45)40-24(31(48)49)14-6-10-18-35/h19-25,42H,3-18,32-36H2,1-2H3,(H,37,43)(H,38,44)(H,39,47)(H,40,45)(H,41,46)(H,48,49)/t19-,20+,21-,22-,23-,24-,25-/m0/s1. The highest BCUT2D eigenvalue weighted by molar-refractivity contribution is 5.96. The van der Waals surface area contributed by atoms with E-state index >= 15 is 0 Å². The lowest BCUT2D eigenvalue weighted by molar-refractivity contribution is -0.142. The van der Waals surface area contributed by atoms with E-state index in [9.17, 15) is 39.0 Å². The van der Waals surface area contributed by atoms with Crippen molar-refractivity contribution in [2.24, 2.45) is 28.7 Å². The molecule has 18 heteroatoms. The smallest absolute Gasteiger partial charge is 0.326 e. The minimum atomic E-state index is -1.52. The maximum absolute atomic E-state index is 13.6. The van der Waals surface area contributed by atoms with Crippen molar-refractivity contribution in [3.05, 3.63) is 0 Å². The molecule has 0 rings (SSSR count). The maximum atomic E-state index is 13.6. The fourth-order valence-corrected chi connectivity index (χ4v) is 4.80. The molecule has 0 fully saturated rings. The second-order valence-corrected chi connectivity index (χ2v) is 12.2. The van der Waals surface area contributed by atoms with E-state index in [1.54, 1.807) is 0 Å². The fourth-order valence-electron chi connectivity index (χ4n) is 4.80. The SMILES string of the molecule is C[C@H](N)C(=O)N[C@@H](CCCCN)C(=O)N[C@H](C(=O)N[C@@H](CCCCN)C(=O)N[C@@H](CCCCN)C(=O)N[C@@H](CCCCN)C(=O)O)[C@@H](C)O. The van der Waals surface area contributed by atoms with Crippen molar-refractivity contribution in [3.63, 3.8) is 0 Å². The van der Waals surface area contributed by atoms with Crippen LogP contribution in [0.5, 0.6) is 0 Å². The number of nitrogens with two attached hydrogens (primary N) is 5. The summed E-state index contributed by atoms with van der Waals surface area (Å²) in [6, 6.07) is -7.03. The molecule has 0 aliphatic rings. The normalized spacial score (nSPS) is 15.4. The number of aliphatic hydroxyl groups excluding tert-OH is 1. The van der Waals surface area contributed by atoms with Crippen molar-refractivity contribution in [1.29, 1.82) is 0 Å². The summed E-state index contributed by atoms with van der Waals surface area (Å²) in [6.07, 6.45) is 3.24. The first-order chi connectivity index (χ1) is 23.2. The zero-order valence-electron chi connectivity index (χ0n) is 29.1. The lowest BCUT2D eigenvalue weighted by atomic mass is 10.0. The van der Waals surface area contributed by atoms with Gasteiger partial charge in [-0.25, -0.2) is 4.79 Å². The number of aliphatic hydroxyl groups is 1. The van der Waals surface area contributed by atoms with Crippen molar-refractivity contribution in [3.8, 4) is 0 Å². The molecule has 0 bridgehead atoms. The van der Waals surface area contributed by atoms with Crippen LogP contribution >= 0.6 is 0 Å². The topological polar surface area (TPSA) is 333 Å². The van der Waals surface area contributed by atoms with Crippen molar-refractivity contribution < 1.29 is 39.0 Å². The highest BCUT2D eigenvalue weighted by Crippen LogP contribution is 2.09. The lowest BCUT2D eigenvalue weighted by Crippen LogP contribution is -2.61. The number of nitrogens with one attached hydrogen (secondary N) is 5. The van der Waals surface area contributed by atoms with Crippen LogP contribution in [0.4, 0.5) is 0 Å². The Hall–Kier alpha value is -3.42. The molecule has 0 saturated heterocycles. The molecule has 17 N–H and O–H groups in total. The number of carboxylic acids is 1. The van der Waals surface area contributed by atoms with Gasteiger partial charge >= 0.3 is 5.97 Å². The van der Waals surface area contributed by atoms with E-state index in [0.717, 1.165) is 0 Å². The van der Waals surface area contributed by atoms with E-state index in [4.69, 9.17) is 28.7 Å². The van der Waals surface area contributed by atoms with Crippen LogP contribution in [-0.2, 0) is 28.8 Å². The maximum Gasteiger partial charge on any atom is 0.326 e. The molecule has 0 saturated carbocycles. The van der Waals surface area contributed by atoms with Gasteiger partial charge in [0.15, 0.2) is 0 Å². The Morgan fingerprint density at radius 3 is 1.12 bits per heavy atom. The van der Waals surface area contributed by atoms with E-state index < -0.39 is 77.9 Å². The van der Waals surface area contributed by atoms with Crippen molar-refractivity contribution in [1.82, 2.24) is 26.6 Å². The van der Waals surface area contributed by atoms with Crippen LogP contribution in [-0.4, -0.2) is 114 Å². The number of rotatable bonds is 28. The quantitative estimate of drug-likeness (QED) is 0.0357. The van der Waals surface area contributed by atoms with Crippen LogP contribution in [0.1, 0.15) is 90.9 Å². The van der Waals surface area contributed by atoms with Crippen molar-refractivity contribution in [2.75, 3.05) is 26.2 Å². The van der Waals surface area contributed by atoms with Crippen LogP contribution in [0, 0.1) is 0 Å². The third-order valence-corrected chi connectivity index (χ3v) is 7.78. The number of unbranched alkanes of at least 4 members (excludes halogenated alkanes) is 4. The Morgan fingerprint density at radius 2 is 0.796 bits per heavy atom. The minimum Gasteiger partial charge on any atom is -0.480 e. The van der Waals surface area contributed by atoms with E-state index in [0.29, 0.717) is 77.5 Å². The van der Waals surface area contributed by atoms with Crippen LogP contribution in [0.15, 0.2) is 0 Å². The second-order valence-electron chi connectivity index (χ2n) is 12.2. The van der Waals surface area contributed by atoms with Gasteiger partial charge in [0.05, 0.1) is 12.1 Å². The van der Waals surface area contributed by atoms with Gasteiger partial charge in [-0.1, -0.05) is 0 Å². The number of hydrogen-bond acceptors (Lipinski definition) is 12. The first-order valence-electron chi connectivity index (χ1n) is 17.2. The van der Waals surface area contributed by atoms with Crippen LogP contribution in [0.3, 0.4) is 0 Å². The molecule has 0 spiro atoms. The van der Waals surface area contributed by atoms with E-state index in [1.165, 1.54) is 13.8 Å². The van der Waals surface area contributed by atoms with Gasteiger partial charge < -0.3 is 65.5 Å². The number of aliphatic carboxylic acids is 1. The molecule has 284 valence electrons. The first kappa shape index (κ1) is 45.6. The molecule has 0 aliphatic heterocycles. The van der Waals surface area contributed by atoms with Crippen molar-refractivity contribution >= 4 is 35.5 Å². The summed E-state index contributed by atoms with van der Waals surface area (Å²) in [7, 11) is 0. The molecule has 0 heterocycles.